The highest BCUT2D eigenvalue weighted by Crippen LogP contribution is 2.25. The predicted molar refractivity (Wildman–Crippen MR) is 133 cm³/mol. The van der Waals surface area contributed by atoms with Gasteiger partial charge in [0.25, 0.3) is 0 Å². The van der Waals surface area contributed by atoms with Gasteiger partial charge in [0.15, 0.2) is 4.80 Å². The maximum Gasteiger partial charge on any atom is 0.243 e. The normalized spacial score (nSPS) is 12.5. The van der Waals surface area contributed by atoms with Crippen molar-refractivity contribution >= 4 is 27.0 Å². The number of hydrogen-bond acceptors (Lipinski definition) is 6. The molecule has 0 saturated carbocycles. The second-order valence-corrected chi connectivity index (χ2v) is 10.1. The zero-order chi connectivity index (χ0) is 23.8. The second-order valence-electron chi connectivity index (χ2n) is 7.33. The number of thiazole rings is 1. The Bertz CT molecular complexity index is 1190. The van der Waals surface area contributed by atoms with Crippen LogP contribution in [0.3, 0.4) is 0 Å². The van der Waals surface area contributed by atoms with Crippen molar-refractivity contribution in [3.63, 3.8) is 0 Å². The Kier molecular flexibility index (Phi) is 8.85. The van der Waals surface area contributed by atoms with E-state index >= 15 is 0 Å². The number of ether oxygens (including phenoxy) is 2. The molecule has 0 atom stereocenters. The summed E-state index contributed by atoms with van der Waals surface area (Å²) in [6.07, 6.45) is 0.838. The average Bonchev–Trinajstić information content (AvgIpc) is 3.22. The standard InChI is InChI=1S/C24H31N3O4S2/c1-5-26(6-2)33(28,29)22-14-8-19(9-15-22)23-18-32-24(27(23)16-7-17-30-3)25-20-10-12-21(31-4)13-11-20/h8-15,18H,5-7,16-17H2,1-4H3. The molecule has 0 unspecified atom stereocenters. The number of aromatic nitrogens is 1. The van der Waals surface area contributed by atoms with Gasteiger partial charge in [0.2, 0.25) is 10.0 Å². The van der Waals surface area contributed by atoms with E-state index in [-0.39, 0.29) is 0 Å². The quantitative estimate of drug-likeness (QED) is 0.371. The van der Waals surface area contributed by atoms with Gasteiger partial charge in [-0.15, -0.1) is 11.3 Å². The summed E-state index contributed by atoms with van der Waals surface area (Å²) in [5.74, 6) is 0.786. The first-order valence-electron chi connectivity index (χ1n) is 10.9. The van der Waals surface area contributed by atoms with Crippen LogP contribution in [0.1, 0.15) is 20.3 Å². The molecule has 0 spiro atoms. The van der Waals surface area contributed by atoms with Crippen molar-refractivity contribution in [1.82, 2.24) is 8.87 Å². The topological polar surface area (TPSA) is 73.1 Å². The van der Waals surface area contributed by atoms with Crippen molar-refractivity contribution in [2.24, 2.45) is 4.99 Å². The summed E-state index contributed by atoms with van der Waals surface area (Å²) in [7, 11) is -0.155. The average molecular weight is 490 g/mol. The second kappa shape index (κ2) is 11.6. The van der Waals surface area contributed by atoms with E-state index in [1.54, 1.807) is 37.7 Å². The minimum absolute atomic E-state index is 0.305. The van der Waals surface area contributed by atoms with Gasteiger partial charge in [-0.05, 0) is 48.4 Å². The molecule has 1 heterocycles. The Hall–Kier alpha value is -2.46. The van der Waals surface area contributed by atoms with E-state index in [9.17, 15) is 8.42 Å². The minimum Gasteiger partial charge on any atom is -0.497 e. The lowest BCUT2D eigenvalue weighted by molar-refractivity contribution is 0.190. The first-order chi connectivity index (χ1) is 15.9. The Labute approximate surface area is 200 Å². The third-order valence-electron chi connectivity index (χ3n) is 5.32. The highest BCUT2D eigenvalue weighted by atomic mass is 32.2. The number of hydrogen-bond donors (Lipinski definition) is 0. The number of rotatable bonds is 11. The zero-order valence-corrected chi connectivity index (χ0v) is 21.2. The van der Waals surface area contributed by atoms with Gasteiger partial charge in [-0.3, -0.25) is 0 Å². The zero-order valence-electron chi connectivity index (χ0n) is 19.5. The van der Waals surface area contributed by atoms with Crippen LogP contribution >= 0.6 is 11.3 Å². The van der Waals surface area contributed by atoms with E-state index < -0.39 is 10.0 Å². The predicted octanol–water partition coefficient (Wildman–Crippen LogP) is 4.52. The molecule has 178 valence electrons. The Morgan fingerprint density at radius 1 is 1.00 bits per heavy atom. The molecule has 2 aromatic carbocycles. The van der Waals surface area contributed by atoms with Gasteiger partial charge < -0.3 is 14.0 Å². The molecule has 0 radical (unpaired) electrons. The van der Waals surface area contributed by atoms with Crippen molar-refractivity contribution in [3.8, 4) is 17.0 Å². The van der Waals surface area contributed by atoms with Crippen LogP contribution in [0.5, 0.6) is 5.75 Å². The van der Waals surface area contributed by atoms with Crippen LogP contribution in [0, 0.1) is 0 Å². The van der Waals surface area contributed by atoms with Gasteiger partial charge in [-0.25, -0.2) is 13.4 Å². The lowest BCUT2D eigenvalue weighted by atomic mass is 10.2. The molecule has 9 heteroatoms. The summed E-state index contributed by atoms with van der Waals surface area (Å²) < 4.78 is 39.7. The smallest absolute Gasteiger partial charge is 0.243 e. The number of nitrogens with zero attached hydrogens (tertiary/aromatic N) is 3. The molecule has 0 bridgehead atoms. The number of benzene rings is 2. The molecule has 33 heavy (non-hydrogen) atoms. The molecule has 0 fully saturated rings. The highest BCUT2D eigenvalue weighted by molar-refractivity contribution is 7.89. The van der Waals surface area contributed by atoms with Crippen molar-refractivity contribution in [2.75, 3.05) is 33.9 Å². The fraction of sp³-hybridized carbons (Fsp3) is 0.375. The van der Waals surface area contributed by atoms with Crippen LogP contribution in [-0.2, 0) is 21.3 Å². The fourth-order valence-electron chi connectivity index (χ4n) is 3.51. The Morgan fingerprint density at radius 2 is 1.67 bits per heavy atom. The summed E-state index contributed by atoms with van der Waals surface area (Å²) in [6.45, 7) is 5.96. The van der Waals surface area contributed by atoms with E-state index in [1.165, 1.54) is 4.31 Å². The van der Waals surface area contributed by atoms with Gasteiger partial charge in [-0.2, -0.15) is 4.31 Å². The molecule has 0 saturated heterocycles. The molecule has 3 rings (SSSR count). The van der Waals surface area contributed by atoms with E-state index in [0.717, 1.165) is 40.5 Å². The monoisotopic (exact) mass is 489 g/mol. The summed E-state index contributed by atoms with van der Waals surface area (Å²) in [5, 5.41) is 2.06. The van der Waals surface area contributed by atoms with Gasteiger partial charge in [0.05, 0.1) is 23.4 Å². The summed E-state index contributed by atoms with van der Waals surface area (Å²) in [6, 6.07) is 14.7. The van der Waals surface area contributed by atoms with Crippen molar-refractivity contribution < 1.29 is 17.9 Å². The Morgan fingerprint density at radius 3 is 2.24 bits per heavy atom. The lowest BCUT2D eigenvalue weighted by Gasteiger charge is -2.18. The molecular formula is C24H31N3O4S2. The molecular weight excluding hydrogens is 458 g/mol. The van der Waals surface area contributed by atoms with Gasteiger partial charge in [0, 0.05) is 38.7 Å². The maximum absolute atomic E-state index is 12.8. The largest absolute Gasteiger partial charge is 0.497 e. The van der Waals surface area contributed by atoms with Crippen LogP contribution in [0.2, 0.25) is 0 Å². The van der Waals surface area contributed by atoms with E-state index in [4.69, 9.17) is 14.5 Å². The van der Waals surface area contributed by atoms with Crippen LogP contribution < -0.4 is 9.54 Å². The third-order valence-corrected chi connectivity index (χ3v) is 8.25. The molecule has 7 nitrogen and oxygen atoms in total. The molecule has 1 aromatic heterocycles. The van der Waals surface area contributed by atoms with Gasteiger partial charge >= 0.3 is 0 Å². The summed E-state index contributed by atoms with van der Waals surface area (Å²) in [4.78, 5) is 6.00. The van der Waals surface area contributed by atoms with Gasteiger partial charge in [-0.1, -0.05) is 26.0 Å². The summed E-state index contributed by atoms with van der Waals surface area (Å²) in [5.41, 5.74) is 2.78. The van der Waals surface area contributed by atoms with Gasteiger partial charge in [0.1, 0.15) is 5.75 Å². The van der Waals surface area contributed by atoms with Crippen LogP contribution in [0.15, 0.2) is 63.8 Å². The Balaban J connectivity index is 1.99. The van der Waals surface area contributed by atoms with E-state index in [1.807, 2.05) is 50.2 Å². The lowest BCUT2D eigenvalue weighted by Crippen LogP contribution is -2.30. The minimum atomic E-state index is -3.49. The van der Waals surface area contributed by atoms with Crippen LogP contribution in [0.4, 0.5) is 5.69 Å². The molecule has 0 aliphatic heterocycles. The SMILES string of the molecule is CCN(CC)S(=O)(=O)c1ccc(-c2csc(=Nc3ccc(OC)cc3)n2CCCOC)cc1. The first kappa shape index (κ1) is 25.2. The van der Waals surface area contributed by atoms with Crippen molar-refractivity contribution in [2.45, 2.75) is 31.7 Å². The number of sulfonamides is 1. The molecule has 0 N–H and O–H groups in total. The van der Waals surface area contributed by atoms with Crippen LogP contribution in [-0.4, -0.2) is 51.2 Å². The maximum atomic E-state index is 12.8. The first-order valence-corrected chi connectivity index (χ1v) is 13.2. The molecule has 0 amide bonds. The highest BCUT2D eigenvalue weighted by Gasteiger charge is 2.21. The molecule has 0 aliphatic carbocycles. The van der Waals surface area contributed by atoms with Crippen molar-refractivity contribution in [3.05, 3.63) is 58.7 Å². The van der Waals surface area contributed by atoms with Crippen LogP contribution in [0.25, 0.3) is 11.3 Å². The van der Waals surface area contributed by atoms with Crippen molar-refractivity contribution in [1.29, 1.82) is 0 Å². The van der Waals surface area contributed by atoms with E-state index in [2.05, 4.69) is 9.95 Å². The third kappa shape index (κ3) is 5.92. The van der Waals surface area contributed by atoms with E-state index in [0.29, 0.717) is 24.6 Å². The molecule has 3 aromatic rings. The molecule has 0 aliphatic rings. The summed E-state index contributed by atoms with van der Waals surface area (Å²) >= 11 is 1.55. The fourth-order valence-corrected chi connectivity index (χ4v) is 5.92. The number of methoxy groups -OCH3 is 2.